The third kappa shape index (κ3) is 5.54. The van der Waals surface area contributed by atoms with Gasteiger partial charge < -0.3 is 10.6 Å². The fourth-order valence-corrected chi connectivity index (χ4v) is 4.73. The van der Waals surface area contributed by atoms with Crippen molar-refractivity contribution in [3.63, 3.8) is 0 Å². The van der Waals surface area contributed by atoms with E-state index >= 15 is 0 Å². The molecule has 1 fully saturated rings. The van der Waals surface area contributed by atoms with Crippen molar-refractivity contribution in [2.75, 3.05) is 6.54 Å². The number of nitrogens with one attached hydrogen (secondary N) is 2. The summed E-state index contributed by atoms with van der Waals surface area (Å²) in [6.07, 6.45) is 1.13. The van der Waals surface area contributed by atoms with Crippen molar-refractivity contribution in [3.05, 3.63) is 29.8 Å². The topological polar surface area (TPSA) is 95.6 Å². The molecule has 1 atom stereocenters. The first-order valence-corrected chi connectivity index (χ1v) is 10.9. The predicted octanol–water partition coefficient (Wildman–Crippen LogP) is 2.28. The summed E-state index contributed by atoms with van der Waals surface area (Å²) in [5, 5.41) is 5.70. The molecule has 156 valence electrons. The molecule has 1 aromatic carbocycles. The van der Waals surface area contributed by atoms with Crippen LogP contribution in [-0.4, -0.2) is 48.2 Å². The Hall–Kier alpha value is -1.93. The maximum absolute atomic E-state index is 13.1. The SMILES string of the molecule is CC(C)(C)NC(=O)c1ccc(S(=O)(=O)N2CCC[C@H]2C(=O)NC(C)(C)C)cc1. The van der Waals surface area contributed by atoms with Gasteiger partial charge in [-0.3, -0.25) is 9.59 Å². The van der Waals surface area contributed by atoms with E-state index in [0.717, 1.165) is 0 Å². The lowest BCUT2D eigenvalue weighted by atomic mass is 10.1. The van der Waals surface area contributed by atoms with Gasteiger partial charge in [0, 0.05) is 23.2 Å². The Kier molecular flexibility index (Phi) is 6.25. The van der Waals surface area contributed by atoms with Gasteiger partial charge in [0.1, 0.15) is 6.04 Å². The number of rotatable bonds is 4. The highest BCUT2D eigenvalue weighted by Crippen LogP contribution is 2.27. The van der Waals surface area contributed by atoms with Crippen LogP contribution in [0.3, 0.4) is 0 Å². The van der Waals surface area contributed by atoms with E-state index in [2.05, 4.69) is 10.6 Å². The molecule has 0 aromatic heterocycles. The quantitative estimate of drug-likeness (QED) is 0.797. The average molecular weight is 410 g/mol. The second-order valence-corrected chi connectivity index (χ2v) is 11.1. The first kappa shape index (κ1) is 22.4. The molecule has 8 heteroatoms. The smallest absolute Gasteiger partial charge is 0.251 e. The van der Waals surface area contributed by atoms with Crippen molar-refractivity contribution in [1.82, 2.24) is 14.9 Å². The van der Waals surface area contributed by atoms with E-state index in [4.69, 9.17) is 0 Å². The minimum Gasteiger partial charge on any atom is -0.350 e. The third-order valence-corrected chi connectivity index (χ3v) is 6.14. The number of carbonyl (C=O) groups excluding carboxylic acids is 2. The van der Waals surface area contributed by atoms with Crippen LogP contribution in [-0.2, 0) is 14.8 Å². The monoisotopic (exact) mass is 409 g/mol. The molecule has 1 aromatic rings. The van der Waals surface area contributed by atoms with Gasteiger partial charge in [0.05, 0.1) is 4.90 Å². The normalized spacial score (nSPS) is 18.7. The molecule has 0 saturated carbocycles. The van der Waals surface area contributed by atoms with Gasteiger partial charge in [0.25, 0.3) is 5.91 Å². The van der Waals surface area contributed by atoms with E-state index in [0.29, 0.717) is 24.9 Å². The van der Waals surface area contributed by atoms with Crippen LogP contribution in [0, 0.1) is 0 Å². The van der Waals surface area contributed by atoms with Crippen LogP contribution in [0.5, 0.6) is 0 Å². The summed E-state index contributed by atoms with van der Waals surface area (Å²) < 4.78 is 27.4. The van der Waals surface area contributed by atoms with Crippen molar-refractivity contribution in [1.29, 1.82) is 0 Å². The summed E-state index contributed by atoms with van der Waals surface area (Å²) in [6, 6.07) is 5.12. The maximum atomic E-state index is 13.1. The second kappa shape index (κ2) is 7.83. The van der Waals surface area contributed by atoms with Gasteiger partial charge in [0.15, 0.2) is 0 Å². The molecule has 7 nitrogen and oxygen atoms in total. The fourth-order valence-electron chi connectivity index (χ4n) is 3.07. The van der Waals surface area contributed by atoms with Gasteiger partial charge in [-0.25, -0.2) is 8.42 Å². The van der Waals surface area contributed by atoms with Gasteiger partial charge in [-0.05, 0) is 78.6 Å². The minimum atomic E-state index is -3.83. The first-order chi connectivity index (χ1) is 12.7. The molecule has 0 aliphatic carbocycles. The van der Waals surface area contributed by atoms with E-state index in [-0.39, 0.29) is 22.2 Å². The number of benzene rings is 1. The van der Waals surface area contributed by atoms with E-state index in [9.17, 15) is 18.0 Å². The Morgan fingerprint density at radius 3 is 2.00 bits per heavy atom. The van der Waals surface area contributed by atoms with E-state index in [1.165, 1.54) is 28.6 Å². The summed E-state index contributed by atoms with van der Waals surface area (Å²) in [4.78, 5) is 24.9. The third-order valence-electron chi connectivity index (χ3n) is 4.22. The standard InChI is InChI=1S/C20H31N3O4S/c1-19(2,3)21-17(24)14-9-11-15(12-10-14)28(26,27)23-13-7-8-16(23)18(25)22-20(4,5)6/h9-12,16H,7-8,13H2,1-6H3,(H,21,24)(H,22,25)/t16-/m0/s1. The molecular formula is C20H31N3O4S. The highest BCUT2D eigenvalue weighted by molar-refractivity contribution is 7.89. The fraction of sp³-hybridized carbons (Fsp3) is 0.600. The van der Waals surface area contributed by atoms with Gasteiger partial charge in [-0.15, -0.1) is 0 Å². The van der Waals surface area contributed by atoms with E-state index in [1.54, 1.807) is 0 Å². The molecular weight excluding hydrogens is 378 g/mol. The lowest BCUT2D eigenvalue weighted by Crippen LogP contribution is -2.51. The van der Waals surface area contributed by atoms with E-state index in [1.807, 2.05) is 41.5 Å². The highest BCUT2D eigenvalue weighted by atomic mass is 32.2. The van der Waals surface area contributed by atoms with Gasteiger partial charge in [-0.1, -0.05) is 0 Å². The zero-order chi connectivity index (χ0) is 21.3. The van der Waals surface area contributed by atoms with Crippen LogP contribution in [0.4, 0.5) is 0 Å². The van der Waals surface area contributed by atoms with Crippen LogP contribution in [0.15, 0.2) is 29.2 Å². The Morgan fingerprint density at radius 1 is 0.964 bits per heavy atom. The molecule has 1 aliphatic heterocycles. The molecule has 0 spiro atoms. The summed E-state index contributed by atoms with van der Waals surface area (Å²) in [5.74, 6) is -0.546. The number of hydrogen-bond acceptors (Lipinski definition) is 4. The van der Waals surface area contributed by atoms with Gasteiger partial charge >= 0.3 is 0 Å². The van der Waals surface area contributed by atoms with Crippen molar-refractivity contribution in [3.8, 4) is 0 Å². The maximum Gasteiger partial charge on any atom is 0.251 e. The predicted molar refractivity (Wildman–Crippen MR) is 108 cm³/mol. The Labute approximate surface area is 167 Å². The van der Waals surface area contributed by atoms with Gasteiger partial charge in [0.2, 0.25) is 15.9 Å². The average Bonchev–Trinajstić information content (AvgIpc) is 3.02. The van der Waals surface area contributed by atoms with Crippen molar-refractivity contribution in [2.45, 2.75) is 76.4 Å². The zero-order valence-electron chi connectivity index (χ0n) is 17.5. The van der Waals surface area contributed by atoms with E-state index < -0.39 is 21.6 Å². The molecule has 1 aliphatic rings. The molecule has 1 saturated heterocycles. The molecule has 2 amide bonds. The minimum absolute atomic E-state index is 0.0790. The largest absolute Gasteiger partial charge is 0.350 e. The van der Waals surface area contributed by atoms with Crippen LogP contribution in [0.2, 0.25) is 0 Å². The number of amides is 2. The zero-order valence-corrected chi connectivity index (χ0v) is 18.3. The number of sulfonamides is 1. The molecule has 0 radical (unpaired) electrons. The van der Waals surface area contributed by atoms with Crippen molar-refractivity contribution in [2.24, 2.45) is 0 Å². The number of carbonyl (C=O) groups is 2. The molecule has 0 unspecified atom stereocenters. The van der Waals surface area contributed by atoms with Crippen LogP contribution >= 0.6 is 0 Å². The summed E-state index contributed by atoms with van der Waals surface area (Å²) in [7, 11) is -3.83. The molecule has 2 N–H and O–H groups in total. The first-order valence-electron chi connectivity index (χ1n) is 9.47. The molecule has 1 heterocycles. The summed E-state index contributed by atoms with van der Waals surface area (Å²) >= 11 is 0. The Morgan fingerprint density at radius 2 is 1.50 bits per heavy atom. The summed E-state index contributed by atoms with van der Waals surface area (Å²) in [6.45, 7) is 11.5. The van der Waals surface area contributed by atoms with Crippen LogP contribution < -0.4 is 10.6 Å². The molecule has 28 heavy (non-hydrogen) atoms. The van der Waals surface area contributed by atoms with Gasteiger partial charge in [-0.2, -0.15) is 4.31 Å². The Balaban J connectivity index is 2.21. The van der Waals surface area contributed by atoms with Crippen LogP contribution in [0.25, 0.3) is 0 Å². The molecule has 0 bridgehead atoms. The highest BCUT2D eigenvalue weighted by Gasteiger charge is 2.40. The Bertz CT molecular complexity index is 834. The number of hydrogen-bond donors (Lipinski definition) is 2. The van der Waals surface area contributed by atoms with Crippen molar-refractivity contribution >= 4 is 21.8 Å². The lowest BCUT2D eigenvalue weighted by molar-refractivity contribution is -0.125. The lowest BCUT2D eigenvalue weighted by Gasteiger charge is -2.28. The van der Waals surface area contributed by atoms with Crippen LogP contribution in [0.1, 0.15) is 64.7 Å². The molecule has 2 rings (SSSR count). The van der Waals surface area contributed by atoms with Crippen molar-refractivity contribution < 1.29 is 18.0 Å². The number of nitrogens with zero attached hydrogens (tertiary/aromatic N) is 1. The second-order valence-electron chi connectivity index (χ2n) is 9.24. The summed E-state index contributed by atoms with van der Waals surface area (Å²) in [5.41, 5.74) is -0.431.